The van der Waals surface area contributed by atoms with Crippen molar-refractivity contribution in [1.82, 2.24) is 5.32 Å². The number of aliphatic hydroxyl groups is 2. The van der Waals surface area contributed by atoms with Crippen molar-refractivity contribution in [1.29, 1.82) is 0 Å². The molecule has 6 heteroatoms. The number of aliphatic hydroxyl groups excluding tert-OH is 2. The van der Waals surface area contributed by atoms with Crippen molar-refractivity contribution in [3.8, 4) is 0 Å². The number of anilines is 1. The fraction of sp³-hybridized carbons (Fsp3) is 0.462. The molecule has 0 spiro atoms. The molecular formula is C13H20N2O4. The Balaban J connectivity index is 2.93. The van der Waals surface area contributed by atoms with E-state index in [2.05, 4.69) is 10.1 Å². The third kappa shape index (κ3) is 4.20. The number of carbonyl (C=O) groups excluding carboxylic acids is 1. The molecule has 0 fully saturated rings. The summed E-state index contributed by atoms with van der Waals surface area (Å²) < 4.78 is 4.60. The Hall–Kier alpha value is -1.63. The van der Waals surface area contributed by atoms with Crippen LogP contribution < -0.4 is 11.1 Å². The average molecular weight is 268 g/mol. The lowest BCUT2D eigenvalue weighted by atomic mass is 9.99. The van der Waals surface area contributed by atoms with E-state index in [1.54, 1.807) is 7.05 Å². The van der Waals surface area contributed by atoms with Gasteiger partial charge in [0.25, 0.3) is 0 Å². The standard InChI is InChI=1S/C13H20N2O4/c1-15-4-3-11(16)12(17)8-5-9(13(18)19-2)7-10(14)6-8/h5-7,11-12,15-17H,3-4,14H2,1-2H3. The van der Waals surface area contributed by atoms with Crippen LogP contribution in [0.25, 0.3) is 0 Å². The maximum atomic E-state index is 11.5. The van der Waals surface area contributed by atoms with Crippen molar-refractivity contribution in [3.05, 3.63) is 29.3 Å². The highest BCUT2D eigenvalue weighted by atomic mass is 16.5. The molecule has 6 nitrogen and oxygen atoms in total. The Morgan fingerprint density at radius 1 is 1.42 bits per heavy atom. The number of esters is 1. The molecule has 0 saturated carbocycles. The highest BCUT2D eigenvalue weighted by Gasteiger charge is 2.20. The number of nitrogens with one attached hydrogen (secondary N) is 1. The van der Waals surface area contributed by atoms with E-state index >= 15 is 0 Å². The van der Waals surface area contributed by atoms with Gasteiger partial charge in [0.2, 0.25) is 0 Å². The quantitative estimate of drug-likeness (QED) is 0.429. The molecule has 5 N–H and O–H groups in total. The second kappa shape index (κ2) is 7.08. The predicted molar refractivity (Wildman–Crippen MR) is 71.7 cm³/mol. The molecule has 1 aromatic carbocycles. The van der Waals surface area contributed by atoms with E-state index in [1.807, 2.05) is 0 Å². The normalized spacial score (nSPS) is 13.9. The van der Waals surface area contributed by atoms with E-state index < -0.39 is 18.2 Å². The van der Waals surface area contributed by atoms with Crippen LogP contribution in [-0.4, -0.2) is 43.0 Å². The van der Waals surface area contributed by atoms with Crippen molar-refractivity contribution in [2.45, 2.75) is 18.6 Å². The maximum Gasteiger partial charge on any atom is 0.337 e. The second-order valence-corrected chi connectivity index (χ2v) is 4.28. The topological polar surface area (TPSA) is 105 Å². The molecule has 0 radical (unpaired) electrons. The molecule has 0 amide bonds. The van der Waals surface area contributed by atoms with Crippen LogP contribution in [-0.2, 0) is 4.74 Å². The lowest BCUT2D eigenvalue weighted by molar-refractivity contribution is 0.0140. The molecule has 19 heavy (non-hydrogen) atoms. The number of methoxy groups -OCH3 is 1. The van der Waals surface area contributed by atoms with Crippen LogP contribution in [0.2, 0.25) is 0 Å². The summed E-state index contributed by atoms with van der Waals surface area (Å²) in [6, 6.07) is 4.46. The Bertz CT molecular complexity index is 437. The zero-order chi connectivity index (χ0) is 14.4. The molecule has 0 aliphatic heterocycles. The number of hydrogen-bond donors (Lipinski definition) is 4. The fourth-order valence-corrected chi connectivity index (χ4v) is 1.76. The molecule has 2 unspecified atom stereocenters. The van der Waals surface area contributed by atoms with Gasteiger partial charge in [-0.1, -0.05) is 0 Å². The van der Waals surface area contributed by atoms with Crippen LogP contribution in [0.15, 0.2) is 18.2 Å². The number of rotatable bonds is 6. The van der Waals surface area contributed by atoms with Crippen LogP contribution in [0.1, 0.15) is 28.4 Å². The number of carbonyl (C=O) groups is 1. The van der Waals surface area contributed by atoms with Crippen LogP contribution in [0.4, 0.5) is 5.69 Å². The maximum absolute atomic E-state index is 11.5. The highest BCUT2D eigenvalue weighted by Crippen LogP contribution is 2.23. The van der Waals surface area contributed by atoms with Gasteiger partial charge < -0.3 is 26.0 Å². The van der Waals surface area contributed by atoms with E-state index in [9.17, 15) is 15.0 Å². The number of nitrogens with two attached hydrogens (primary N) is 1. The molecule has 0 aliphatic rings. The highest BCUT2D eigenvalue weighted by molar-refractivity contribution is 5.90. The molecule has 2 atom stereocenters. The van der Waals surface area contributed by atoms with Crippen LogP contribution >= 0.6 is 0 Å². The van der Waals surface area contributed by atoms with E-state index in [4.69, 9.17) is 5.73 Å². The SMILES string of the molecule is CNCCC(O)C(O)c1cc(N)cc(C(=O)OC)c1. The molecule has 106 valence electrons. The van der Waals surface area contributed by atoms with Crippen molar-refractivity contribution >= 4 is 11.7 Å². The molecule has 0 aliphatic carbocycles. The summed E-state index contributed by atoms with van der Waals surface area (Å²) in [6.45, 7) is 0.574. The van der Waals surface area contributed by atoms with E-state index in [-0.39, 0.29) is 5.56 Å². The summed E-state index contributed by atoms with van der Waals surface area (Å²) in [5.41, 5.74) is 6.65. The first-order valence-electron chi connectivity index (χ1n) is 5.99. The molecule has 0 heterocycles. The summed E-state index contributed by atoms with van der Waals surface area (Å²) in [6.07, 6.45) is -1.64. The van der Waals surface area contributed by atoms with Crippen molar-refractivity contribution in [2.75, 3.05) is 26.4 Å². The Morgan fingerprint density at radius 3 is 2.68 bits per heavy atom. The van der Waals surface area contributed by atoms with E-state index in [0.717, 1.165) is 0 Å². The van der Waals surface area contributed by atoms with Crippen LogP contribution in [0.3, 0.4) is 0 Å². The van der Waals surface area contributed by atoms with Crippen molar-refractivity contribution in [2.24, 2.45) is 0 Å². The molecule has 0 saturated heterocycles. The molecule has 1 aromatic rings. The Labute approximate surface area is 112 Å². The average Bonchev–Trinajstić information content (AvgIpc) is 2.42. The summed E-state index contributed by atoms with van der Waals surface area (Å²) in [5.74, 6) is -0.537. The first-order chi connectivity index (χ1) is 8.99. The second-order valence-electron chi connectivity index (χ2n) is 4.28. The molecule has 0 bridgehead atoms. The number of ether oxygens (including phenoxy) is 1. The van der Waals surface area contributed by atoms with E-state index in [0.29, 0.717) is 24.2 Å². The zero-order valence-corrected chi connectivity index (χ0v) is 11.1. The number of benzene rings is 1. The molecule has 0 aromatic heterocycles. The number of nitrogen functional groups attached to an aromatic ring is 1. The summed E-state index contributed by atoms with van der Waals surface area (Å²) >= 11 is 0. The summed E-state index contributed by atoms with van der Waals surface area (Å²) in [5, 5.41) is 22.8. The smallest absolute Gasteiger partial charge is 0.337 e. The fourth-order valence-electron chi connectivity index (χ4n) is 1.76. The van der Waals surface area contributed by atoms with Crippen molar-refractivity contribution in [3.63, 3.8) is 0 Å². The first kappa shape index (κ1) is 15.4. The van der Waals surface area contributed by atoms with Gasteiger partial charge in [0, 0.05) is 5.69 Å². The number of hydrogen-bond acceptors (Lipinski definition) is 6. The Kier molecular flexibility index (Phi) is 5.75. The lowest BCUT2D eigenvalue weighted by Crippen LogP contribution is -2.23. The van der Waals surface area contributed by atoms with Gasteiger partial charge in [-0.2, -0.15) is 0 Å². The van der Waals surface area contributed by atoms with Gasteiger partial charge in [-0.25, -0.2) is 4.79 Å². The van der Waals surface area contributed by atoms with Gasteiger partial charge in [0.15, 0.2) is 0 Å². The summed E-state index contributed by atoms with van der Waals surface area (Å²) in [4.78, 5) is 11.5. The predicted octanol–water partition coefficient (Wildman–Crippen LogP) is 0.0592. The van der Waals surface area contributed by atoms with Gasteiger partial charge >= 0.3 is 5.97 Å². The van der Waals surface area contributed by atoms with Gasteiger partial charge in [-0.3, -0.25) is 0 Å². The van der Waals surface area contributed by atoms with Gasteiger partial charge in [-0.05, 0) is 43.8 Å². The molecule has 1 rings (SSSR count). The third-order valence-corrected chi connectivity index (χ3v) is 2.79. The van der Waals surface area contributed by atoms with Gasteiger partial charge in [0.1, 0.15) is 6.10 Å². The van der Waals surface area contributed by atoms with Gasteiger partial charge in [0.05, 0.1) is 18.8 Å². The zero-order valence-electron chi connectivity index (χ0n) is 11.1. The minimum Gasteiger partial charge on any atom is -0.465 e. The minimum absolute atomic E-state index is 0.248. The van der Waals surface area contributed by atoms with Crippen LogP contribution in [0.5, 0.6) is 0 Å². The monoisotopic (exact) mass is 268 g/mol. The van der Waals surface area contributed by atoms with E-state index in [1.165, 1.54) is 25.3 Å². The third-order valence-electron chi connectivity index (χ3n) is 2.79. The minimum atomic E-state index is -1.10. The van der Waals surface area contributed by atoms with Crippen molar-refractivity contribution < 1.29 is 19.7 Å². The summed E-state index contributed by atoms with van der Waals surface area (Å²) in [7, 11) is 3.03. The lowest BCUT2D eigenvalue weighted by Gasteiger charge is -2.19. The Morgan fingerprint density at radius 2 is 2.11 bits per heavy atom. The van der Waals surface area contributed by atoms with Gasteiger partial charge in [-0.15, -0.1) is 0 Å². The first-order valence-corrected chi connectivity index (χ1v) is 5.99. The molecular weight excluding hydrogens is 248 g/mol. The largest absolute Gasteiger partial charge is 0.465 e. The van der Waals surface area contributed by atoms with Crippen LogP contribution in [0, 0.1) is 0 Å².